The number of carbonyl (C=O) groups excluding carboxylic acids is 1. The number of aliphatic hydroxyl groups excluding tert-OH is 1. The van der Waals surface area contributed by atoms with E-state index < -0.39 is 18.0 Å². The number of amides is 1. The summed E-state index contributed by atoms with van der Waals surface area (Å²) in [5, 5.41) is 18.8. The van der Waals surface area contributed by atoms with Crippen LogP contribution in [0.5, 0.6) is 0 Å². The van der Waals surface area contributed by atoms with Crippen molar-refractivity contribution in [1.29, 1.82) is 0 Å². The molecule has 2 atom stereocenters. The van der Waals surface area contributed by atoms with Crippen molar-refractivity contribution in [3.05, 3.63) is 35.4 Å². The number of carboxylic acid groups (broad SMARTS) is 1. The Labute approximate surface area is 124 Å². The van der Waals surface area contributed by atoms with Crippen LogP contribution < -0.4 is 0 Å². The second-order valence-corrected chi connectivity index (χ2v) is 5.57. The van der Waals surface area contributed by atoms with Crippen LogP contribution in [0.2, 0.25) is 0 Å². The molecule has 114 valence electrons. The fraction of sp³-hybridized carbons (Fsp3) is 0.500. The SMILES string of the molecule is Cc1ccccc1CCC(=O)N1CC[C@H](C(=O)O)[C@H](O)C1. The molecule has 5 heteroatoms. The van der Waals surface area contributed by atoms with E-state index in [1.54, 1.807) is 4.90 Å². The molecule has 2 rings (SSSR count). The minimum Gasteiger partial charge on any atom is -0.481 e. The van der Waals surface area contributed by atoms with Gasteiger partial charge in [-0.15, -0.1) is 0 Å². The van der Waals surface area contributed by atoms with E-state index in [4.69, 9.17) is 5.11 Å². The number of benzene rings is 1. The van der Waals surface area contributed by atoms with Gasteiger partial charge >= 0.3 is 5.97 Å². The van der Waals surface area contributed by atoms with Gasteiger partial charge in [-0.2, -0.15) is 0 Å². The Bertz CT molecular complexity index is 529. The Morgan fingerprint density at radius 2 is 2.05 bits per heavy atom. The van der Waals surface area contributed by atoms with Crippen molar-refractivity contribution in [3.63, 3.8) is 0 Å². The van der Waals surface area contributed by atoms with Crippen LogP contribution in [0.4, 0.5) is 0 Å². The predicted molar refractivity (Wildman–Crippen MR) is 77.8 cm³/mol. The lowest BCUT2D eigenvalue weighted by atomic mass is 9.93. The van der Waals surface area contributed by atoms with E-state index >= 15 is 0 Å². The summed E-state index contributed by atoms with van der Waals surface area (Å²) in [5.41, 5.74) is 2.31. The van der Waals surface area contributed by atoms with Gasteiger partial charge in [0.25, 0.3) is 0 Å². The van der Waals surface area contributed by atoms with Crippen LogP contribution in [0.1, 0.15) is 24.0 Å². The molecule has 1 heterocycles. The molecule has 1 amide bonds. The number of likely N-dealkylation sites (tertiary alicyclic amines) is 1. The van der Waals surface area contributed by atoms with Crippen LogP contribution in [0.3, 0.4) is 0 Å². The van der Waals surface area contributed by atoms with Gasteiger partial charge in [0.05, 0.1) is 12.0 Å². The molecule has 1 aliphatic heterocycles. The number of hydrogen-bond acceptors (Lipinski definition) is 3. The number of aliphatic carboxylic acids is 1. The molecular weight excluding hydrogens is 270 g/mol. The van der Waals surface area contributed by atoms with Gasteiger partial charge in [0.1, 0.15) is 0 Å². The molecule has 21 heavy (non-hydrogen) atoms. The second-order valence-electron chi connectivity index (χ2n) is 5.57. The summed E-state index contributed by atoms with van der Waals surface area (Å²) in [7, 11) is 0. The van der Waals surface area contributed by atoms with E-state index in [1.165, 1.54) is 0 Å². The van der Waals surface area contributed by atoms with Crippen molar-refractivity contribution in [2.45, 2.75) is 32.3 Å². The lowest BCUT2D eigenvalue weighted by Crippen LogP contribution is -2.48. The maximum absolute atomic E-state index is 12.2. The molecule has 0 radical (unpaired) electrons. The normalized spacial score (nSPS) is 22.1. The molecule has 2 N–H and O–H groups in total. The van der Waals surface area contributed by atoms with Crippen molar-refractivity contribution in [2.75, 3.05) is 13.1 Å². The van der Waals surface area contributed by atoms with Crippen molar-refractivity contribution in [2.24, 2.45) is 5.92 Å². The first kappa shape index (κ1) is 15.5. The quantitative estimate of drug-likeness (QED) is 0.874. The number of aliphatic hydroxyl groups is 1. The predicted octanol–water partition coefficient (Wildman–Crippen LogP) is 1.22. The maximum Gasteiger partial charge on any atom is 0.309 e. The number of β-amino-alcohol motifs (C(OH)–C–C–N with tert-alkyl or cyclic N) is 1. The van der Waals surface area contributed by atoms with E-state index in [2.05, 4.69) is 0 Å². The first-order chi connectivity index (χ1) is 9.99. The van der Waals surface area contributed by atoms with Gasteiger partial charge in [-0.05, 0) is 30.9 Å². The standard InChI is InChI=1S/C16H21NO4/c1-11-4-2-3-5-12(11)6-7-15(19)17-9-8-13(16(20)21)14(18)10-17/h2-5,13-14,18H,6-10H2,1H3,(H,20,21)/t13-,14+/m0/s1. The lowest BCUT2D eigenvalue weighted by Gasteiger charge is -2.34. The summed E-state index contributed by atoms with van der Waals surface area (Å²) in [5.74, 6) is -1.78. The first-order valence-electron chi connectivity index (χ1n) is 7.22. The topological polar surface area (TPSA) is 77.8 Å². The molecule has 0 aromatic heterocycles. The van der Waals surface area contributed by atoms with Gasteiger partial charge < -0.3 is 15.1 Å². The summed E-state index contributed by atoms with van der Waals surface area (Å²) < 4.78 is 0. The van der Waals surface area contributed by atoms with E-state index in [0.29, 0.717) is 25.8 Å². The number of nitrogens with zero attached hydrogens (tertiary/aromatic N) is 1. The van der Waals surface area contributed by atoms with E-state index in [0.717, 1.165) is 11.1 Å². The second kappa shape index (κ2) is 6.72. The van der Waals surface area contributed by atoms with Crippen LogP contribution in [0.25, 0.3) is 0 Å². The zero-order valence-corrected chi connectivity index (χ0v) is 12.2. The van der Waals surface area contributed by atoms with Crippen LogP contribution in [-0.2, 0) is 16.0 Å². The Hall–Kier alpha value is -1.88. The summed E-state index contributed by atoms with van der Waals surface area (Å²) in [6, 6.07) is 7.94. The van der Waals surface area contributed by atoms with E-state index in [-0.39, 0.29) is 12.5 Å². The molecule has 1 aliphatic rings. The third-order valence-electron chi connectivity index (χ3n) is 4.12. The van der Waals surface area contributed by atoms with Crippen molar-refractivity contribution in [3.8, 4) is 0 Å². The van der Waals surface area contributed by atoms with Gasteiger partial charge in [0, 0.05) is 19.5 Å². The number of carbonyl (C=O) groups is 2. The monoisotopic (exact) mass is 291 g/mol. The van der Waals surface area contributed by atoms with E-state index in [1.807, 2.05) is 31.2 Å². The van der Waals surface area contributed by atoms with Crippen molar-refractivity contribution in [1.82, 2.24) is 4.90 Å². The molecule has 1 fully saturated rings. The molecular formula is C16H21NO4. The average Bonchev–Trinajstić information content (AvgIpc) is 2.45. The van der Waals surface area contributed by atoms with Gasteiger partial charge in [0.15, 0.2) is 0 Å². The molecule has 0 aliphatic carbocycles. The van der Waals surface area contributed by atoms with Gasteiger partial charge in [-0.25, -0.2) is 0 Å². The molecule has 1 aromatic rings. The van der Waals surface area contributed by atoms with Crippen LogP contribution >= 0.6 is 0 Å². The van der Waals surface area contributed by atoms with Gasteiger partial charge in [-0.1, -0.05) is 24.3 Å². The summed E-state index contributed by atoms with van der Waals surface area (Å²) in [4.78, 5) is 24.7. The number of aryl methyl sites for hydroxylation is 2. The highest BCUT2D eigenvalue weighted by Crippen LogP contribution is 2.19. The van der Waals surface area contributed by atoms with Gasteiger partial charge in [0.2, 0.25) is 5.91 Å². The highest BCUT2D eigenvalue weighted by Gasteiger charge is 2.34. The smallest absolute Gasteiger partial charge is 0.309 e. The maximum atomic E-state index is 12.2. The van der Waals surface area contributed by atoms with Gasteiger partial charge in [-0.3, -0.25) is 9.59 Å². The molecule has 0 bridgehead atoms. The molecule has 5 nitrogen and oxygen atoms in total. The molecule has 0 spiro atoms. The number of rotatable bonds is 4. The highest BCUT2D eigenvalue weighted by atomic mass is 16.4. The summed E-state index contributed by atoms with van der Waals surface area (Å²) >= 11 is 0. The summed E-state index contributed by atoms with van der Waals surface area (Å²) in [6.45, 7) is 2.53. The number of hydrogen-bond donors (Lipinski definition) is 2. The number of carboxylic acids is 1. The van der Waals surface area contributed by atoms with Crippen LogP contribution in [0, 0.1) is 12.8 Å². The third kappa shape index (κ3) is 3.82. The largest absolute Gasteiger partial charge is 0.481 e. The van der Waals surface area contributed by atoms with Crippen molar-refractivity contribution >= 4 is 11.9 Å². The molecule has 0 saturated carbocycles. The molecule has 0 unspecified atom stereocenters. The van der Waals surface area contributed by atoms with Crippen molar-refractivity contribution < 1.29 is 19.8 Å². The third-order valence-corrected chi connectivity index (χ3v) is 4.12. The van der Waals surface area contributed by atoms with E-state index in [9.17, 15) is 14.7 Å². The fourth-order valence-corrected chi connectivity index (χ4v) is 2.74. The minimum absolute atomic E-state index is 0.0267. The molecule has 1 saturated heterocycles. The van der Waals surface area contributed by atoms with Crippen LogP contribution in [0.15, 0.2) is 24.3 Å². The Kier molecular flexibility index (Phi) is 4.96. The lowest BCUT2D eigenvalue weighted by molar-refractivity contribution is -0.152. The first-order valence-corrected chi connectivity index (χ1v) is 7.22. The Balaban J connectivity index is 1.87. The average molecular weight is 291 g/mol. The minimum atomic E-state index is -0.991. The Morgan fingerprint density at radius 1 is 1.33 bits per heavy atom. The van der Waals surface area contributed by atoms with Crippen LogP contribution in [-0.4, -0.2) is 46.2 Å². The molecule has 1 aromatic carbocycles. The zero-order chi connectivity index (χ0) is 15.4. The number of piperidine rings is 1. The Morgan fingerprint density at radius 3 is 2.67 bits per heavy atom. The zero-order valence-electron chi connectivity index (χ0n) is 12.2. The highest BCUT2D eigenvalue weighted by molar-refractivity contribution is 5.77. The summed E-state index contributed by atoms with van der Waals surface area (Å²) in [6.07, 6.45) is 0.390. The fourth-order valence-electron chi connectivity index (χ4n) is 2.74.